The summed E-state index contributed by atoms with van der Waals surface area (Å²) in [6.07, 6.45) is 5.76. The topological polar surface area (TPSA) is 50.4 Å². The molecule has 1 unspecified atom stereocenters. The summed E-state index contributed by atoms with van der Waals surface area (Å²) in [6.45, 7) is 5.23. The summed E-state index contributed by atoms with van der Waals surface area (Å²) in [5.41, 5.74) is 5.18. The van der Waals surface area contributed by atoms with Gasteiger partial charge in [-0.25, -0.2) is 4.79 Å². The Morgan fingerprint density at radius 3 is 2.48 bits per heavy atom. The first-order valence-electron chi connectivity index (χ1n) is 10.1. The highest BCUT2D eigenvalue weighted by molar-refractivity contribution is 5.74. The number of benzene rings is 2. The molecule has 27 heavy (non-hydrogen) atoms. The van der Waals surface area contributed by atoms with Gasteiger partial charge < -0.3 is 15.4 Å². The molecule has 1 aliphatic rings. The Labute approximate surface area is 162 Å². The Balaban J connectivity index is 1.55. The summed E-state index contributed by atoms with van der Waals surface area (Å²) >= 11 is 0. The van der Waals surface area contributed by atoms with E-state index in [0.717, 1.165) is 24.2 Å². The number of fused-ring (bicyclic) bond motifs is 1. The van der Waals surface area contributed by atoms with Crippen molar-refractivity contribution in [3.05, 3.63) is 64.7 Å². The van der Waals surface area contributed by atoms with Crippen LogP contribution in [0.15, 0.2) is 42.5 Å². The highest BCUT2D eigenvalue weighted by Gasteiger charge is 2.16. The molecule has 144 valence electrons. The van der Waals surface area contributed by atoms with Crippen LogP contribution in [0.4, 0.5) is 4.79 Å². The molecular formula is C23H30N2O2. The second kappa shape index (κ2) is 9.45. The van der Waals surface area contributed by atoms with E-state index in [1.54, 1.807) is 0 Å². The number of hydrogen-bond acceptors (Lipinski definition) is 2. The number of carbonyl (C=O) groups is 1. The minimum atomic E-state index is -0.131. The molecule has 0 spiro atoms. The quantitative estimate of drug-likeness (QED) is 0.731. The molecule has 0 bridgehead atoms. The largest absolute Gasteiger partial charge is 0.494 e. The lowest BCUT2D eigenvalue weighted by molar-refractivity contribution is 0.236. The van der Waals surface area contributed by atoms with Crippen LogP contribution in [0.3, 0.4) is 0 Å². The van der Waals surface area contributed by atoms with Gasteiger partial charge >= 0.3 is 6.03 Å². The van der Waals surface area contributed by atoms with Crippen molar-refractivity contribution in [1.29, 1.82) is 0 Å². The van der Waals surface area contributed by atoms with E-state index in [0.29, 0.717) is 13.2 Å². The van der Waals surface area contributed by atoms with Gasteiger partial charge in [-0.15, -0.1) is 0 Å². The van der Waals surface area contributed by atoms with E-state index >= 15 is 0 Å². The van der Waals surface area contributed by atoms with Crippen LogP contribution in [0.25, 0.3) is 0 Å². The fourth-order valence-electron chi connectivity index (χ4n) is 3.65. The maximum absolute atomic E-state index is 12.4. The molecule has 0 saturated carbocycles. The van der Waals surface area contributed by atoms with Crippen molar-refractivity contribution in [3.63, 3.8) is 0 Å². The van der Waals surface area contributed by atoms with Gasteiger partial charge in [0.25, 0.3) is 0 Å². The molecule has 0 heterocycles. The zero-order valence-electron chi connectivity index (χ0n) is 16.4. The second-order valence-corrected chi connectivity index (χ2v) is 7.10. The third-order valence-corrected chi connectivity index (χ3v) is 5.18. The zero-order chi connectivity index (χ0) is 19.1. The number of aryl methyl sites for hydroxylation is 2. The van der Waals surface area contributed by atoms with E-state index in [1.807, 2.05) is 31.2 Å². The first kappa shape index (κ1) is 19.3. The standard InChI is InChI=1S/C23H30N2O2/c1-3-22(20-12-11-18-7-5-6-8-19(18)15-20)25-23(26)24-16-17-9-13-21(14-10-17)27-4-2/h9-15,22H,3-8,16H2,1-2H3,(H2,24,25,26). The maximum Gasteiger partial charge on any atom is 0.315 e. The molecule has 0 fully saturated rings. The van der Waals surface area contributed by atoms with E-state index in [9.17, 15) is 4.79 Å². The van der Waals surface area contributed by atoms with Crippen molar-refractivity contribution in [3.8, 4) is 5.75 Å². The van der Waals surface area contributed by atoms with Gasteiger partial charge in [-0.3, -0.25) is 0 Å². The lowest BCUT2D eigenvalue weighted by Crippen LogP contribution is -2.37. The summed E-state index contributed by atoms with van der Waals surface area (Å²) in [5, 5.41) is 6.07. The summed E-state index contributed by atoms with van der Waals surface area (Å²) in [4.78, 5) is 12.4. The van der Waals surface area contributed by atoms with E-state index in [-0.39, 0.29) is 12.1 Å². The van der Waals surface area contributed by atoms with Crippen molar-refractivity contribution >= 4 is 6.03 Å². The third kappa shape index (κ3) is 5.25. The van der Waals surface area contributed by atoms with Crippen LogP contribution in [0, 0.1) is 0 Å². The summed E-state index contributed by atoms with van der Waals surface area (Å²) in [5.74, 6) is 0.851. The Morgan fingerprint density at radius 2 is 1.78 bits per heavy atom. The normalized spacial score (nSPS) is 14.1. The molecule has 4 heteroatoms. The predicted molar refractivity (Wildman–Crippen MR) is 109 cm³/mol. The Morgan fingerprint density at radius 1 is 1.04 bits per heavy atom. The van der Waals surface area contributed by atoms with Gasteiger partial charge in [-0.1, -0.05) is 37.3 Å². The van der Waals surface area contributed by atoms with Crippen LogP contribution >= 0.6 is 0 Å². The van der Waals surface area contributed by atoms with Crippen LogP contribution in [-0.2, 0) is 19.4 Å². The molecular weight excluding hydrogens is 336 g/mol. The highest BCUT2D eigenvalue weighted by Crippen LogP contribution is 2.26. The first-order chi connectivity index (χ1) is 13.2. The fourth-order valence-corrected chi connectivity index (χ4v) is 3.65. The number of urea groups is 1. The molecule has 4 nitrogen and oxygen atoms in total. The van der Waals surface area contributed by atoms with E-state index < -0.39 is 0 Å². The average molecular weight is 367 g/mol. The fraction of sp³-hybridized carbons (Fsp3) is 0.435. The Bertz CT molecular complexity index is 755. The first-order valence-corrected chi connectivity index (χ1v) is 10.1. The number of hydrogen-bond donors (Lipinski definition) is 2. The minimum Gasteiger partial charge on any atom is -0.494 e. The van der Waals surface area contributed by atoms with Crippen LogP contribution in [0.2, 0.25) is 0 Å². The van der Waals surface area contributed by atoms with Gasteiger partial charge in [-0.2, -0.15) is 0 Å². The van der Waals surface area contributed by atoms with Gasteiger partial charge in [-0.05, 0) is 73.4 Å². The minimum absolute atomic E-state index is 0.0394. The van der Waals surface area contributed by atoms with Gasteiger partial charge in [0.1, 0.15) is 5.75 Å². The molecule has 3 rings (SSSR count). The molecule has 2 aromatic rings. The average Bonchev–Trinajstić information content (AvgIpc) is 2.71. The summed E-state index contributed by atoms with van der Waals surface area (Å²) < 4.78 is 5.44. The Kier molecular flexibility index (Phi) is 6.74. The van der Waals surface area contributed by atoms with Crippen molar-refractivity contribution in [2.75, 3.05) is 6.61 Å². The summed E-state index contributed by atoms with van der Waals surface area (Å²) in [6, 6.07) is 14.4. The van der Waals surface area contributed by atoms with Crippen LogP contribution in [-0.4, -0.2) is 12.6 Å². The van der Waals surface area contributed by atoms with E-state index in [1.165, 1.54) is 36.0 Å². The van der Waals surface area contributed by atoms with Crippen LogP contribution in [0.5, 0.6) is 5.75 Å². The van der Waals surface area contributed by atoms with Crippen LogP contribution < -0.4 is 15.4 Å². The monoisotopic (exact) mass is 366 g/mol. The van der Waals surface area contributed by atoms with E-state index in [4.69, 9.17) is 4.74 Å². The number of rotatable bonds is 7. The molecule has 2 aromatic carbocycles. The molecule has 2 amide bonds. The van der Waals surface area contributed by atoms with Crippen LogP contribution in [0.1, 0.15) is 61.4 Å². The second-order valence-electron chi connectivity index (χ2n) is 7.10. The molecule has 0 radical (unpaired) electrons. The highest BCUT2D eigenvalue weighted by atomic mass is 16.5. The molecule has 0 aliphatic heterocycles. The van der Waals surface area contributed by atoms with Gasteiger partial charge in [0.2, 0.25) is 0 Å². The number of carbonyl (C=O) groups excluding carboxylic acids is 1. The Hall–Kier alpha value is -2.49. The molecule has 0 aromatic heterocycles. The number of amides is 2. The maximum atomic E-state index is 12.4. The third-order valence-electron chi connectivity index (χ3n) is 5.18. The van der Waals surface area contributed by atoms with Crippen molar-refractivity contribution in [2.24, 2.45) is 0 Å². The molecule has 0 saturated heterocycles. The summed E-state index contributed by atoms with van der Waals surface area (Å²) in [7, 11) is 0. The smallest absolute Gasteiger partial charge is 0.315 e. The lowest BCUT2D eigenvalue weighted by Gasteiger charge is -2.22. The molecule has 1 aliphatic carbocycles. The molecule has 1 atom stereocenters. The van der Waals surface area contributed by atoms with Gasteiger partial charge in [0.05, 0.1) is 12.6 Å². The van der Waals surface area contributed by atoms with Crippen molar-refractivity contribution < 1.29 is 9.53 Å². The zero-order valence-corrected chi connectivity index (χ0v) is 16.4. The van der Waals surface area contributed by atoms with E-state index in [2.05, 4.69) is 35.8 Å². The number of nitrogens with one attached hydrogen (secondary N) is 2. The van der Waals surface area contributed by atoms with Crippen molar-refractivity contribution in [1.82, 2.24) is 10.6 Å². The molecule has 2 N–H and O–H groups in total. The van der Waals surface area contributed by atoms with Crippen molar-refractivity contribution in [2.45, 2.75) is 58.5 Å². The predicted octanol–water partition coefficient (Wildman–Crippen LogP) is 4.91. The lowest BCUT2D eigenvalue weighted by atomic mass is 9.89. The van der Waals surface area contributed by atoms with Gasteiger partial charge in [0.15, 0.2) is 0 Å². The SMILES string of the molecule is CCOc1ccc(CNC(=O)NC(CC)c2ccc3c(c2)CCCC3)cc1. The number of ether oxygens (including phenoxy) is 1. The van der Waals surface area contributed by atoms with Gasteiger partial charge in [0, 0.05) is 6.54 Å².